The number of nitrogens with zero attached hydrogens (tertiary/aromatic N) is 1. The van der Waals surface area contributed by atoms with Gasteiger partial charge in [-0.1, -0.05) is 26.0 Å². The molecule has 0 radical (unpaired) electrons. The van der Waals surface area contributed by atoms with Crippen LogP contribution in [0.4, 0.5) is 10.5 Å². The van der Waals surface area contributed by atoms with Crippen molar-refractivity contribution in [3.63, 3.8) is 0 Å². The van der Waals surface area contributed by atoms with Crippen LogP contribution in [-0.4, -0.2) is 43.1 Å². The van der Waals surface area contributed by atoms with Crippen LogP contribution in [0.3, 0.4) is 0 Å². The number of aromatic nitrogens is 1. The maximum Gasteiger partial charge on any atom is 0.407 e. The predicted octanol–water partition coefficient (Wildman–Crippen LogP) is 2.45. The number of aryl methyl sites for hydroxylation is 1. The van der Waals surface area contributed by atoms with Crippen LogP contribution >= 0.6 is 11.3 Å². The van der Waals surface area contributed by atoms with Crippen molar-refractivity contribution in [3.05, 3.63) is 45.9 Å². The largest absolute Gasteiger partial charge is 0.453 e. The van der Waals surface area contributed by atoms with E-state index in [0.29, 0.717) is 18.5 Å². The quantitative estimate of drug-likeness (QED) is 0.390. The molecule has 0 bridgehead atoms. The SMILES string of the molecule is CCc1nc([C@H](Cc2ccc(NS(=O)(=O)O)cc2)NC(=O)[C@H](CC)NC(=O)OC)cs1. The van der Waals surface area contributed by atoms with E-state index in [1.54, 1.807) is 19.1 Å². The van der Waals surface area contributed by atoms with Gasteiger partial charge in [-0.25, -0.2) is 9.78 Å². The molecule has 1 aromatic heterocycles. The van der Waals surface area contributed by atoms with Crippen LogP contribution in [-0.2, 0) is 32.7 Å². The lowest BCUT2D eigenvalue weighted by Gasteiger charge is -2.22. The Balaban J connectivity index is 2.20. The minimum Gasteiger partial charge on any atom is -0.453 e. The molecule has 0 aliphatic rings. The first-order chi connectivity index (χ1) is 14.6. The molecule has 0 fully saturated rings. The summed E-state index contributed by atoms with van der Waals surface area (Å²) in [5.74, 6) is -0.367. The minimum atomic E-state index is -4.36. The zero-order valence-corrected chi connectivity index (χ0v) is 19.0. The fraction of sp³-hybridized carbons (Fsp3) is 0.421. The fourth-order valence-electron chi connectivity index (χ4n) is 2.80. The van der Waals surface area contributed by atoms with E-state index in [1.807, 2.05) is 17.0 Å². The molecule has 1 heterocycles. The third-order valence-electron chi connectivity index (χ3n) is 4.39. The van der Waals surface area contributed by atoms with Crippen LogP contribution in [0.2, 0.25) is 0 Å². The molecule has 170 valence electrons. The summed E-state index contributed by atoms with van der Waals surface area (Å²) < 4.78 is 37.3. The number of nitrogens with one attached hydrogen (secondary N) is 3. The van der Waals surface area contributed by atoms with Gasteiger partial charge < -0.3 is 15.4 Å². The van der Waals surface area contributed by atoms with E-state index in [-0.39, 0.29) is 11.6 Å². The molecular formula is C19H26N4O6S2. The van der Waals surface area contributed by atoms with Gasteiger partial charge in [0.25, 0.3) is 0 Å². The van der Waals surface area contributed by atoms with Crippen LogP contribution < -0.4 is 15.4 Å². The van der Waals surface area contributed by atoms with Gasteiger partial charge in [0.2, 0.25) is 5.91 Å². The molecule has 31 heavy (non-hydrogen) atoms. The molecule has 0 spiro atoms. The molecule has 2 aromatic rings. The average Bonchev–Trinajstić information content (AvgIpc) is 3.20. The molecule has 0 saturated heterocycles. The molecule has 12 heteroatoms. The van der Waals surface area contributed by atoms with E-state index >= 15 is 0 Å². The average molecular weight is 471 g/mol. The van der Waals surface area contributed by atoms with Gasteiger partial charge in [-0.15, -0.1) is 11.3 Å². The van der Waals surface area contributed by atoms with Crippen LogP contribution in [0, 0.1) is 0 Å². The summed E-state index contributed by atoms with van der Waals surface area (Å²) in [5.41, 5.74) is 1.72. The van der Waals surface area contributed by atoms with Gasteiger partial charge in [0.05, 0.1) is 29.5 Å². The van der Waals surface area contributed by atoms with Gasteiger partial charge >= 0.3 is 16.4 Å². The third-order valence-corrected chi connectivity index (χ3v) is 5.89. The van der Waals surface area contributed by atoms with Crippen LogP contribution in [0.15, 0.2) is 29.6 Å². The highest BCUT2D eigenvalue weighted by Crippen LogP contribution is 2.23. The second-order valence-corrected chi connectivity index (χ2v) is 8.75. The Kier molecular flexibility index (Phi) is 8.77. The highest BCUT2D eigenvalue weighted by atomic mass is 32.2. The lowest BCUT2D eigenvalue weighted by Crippen LogP contribution is -2.47. The van der Waals surface area contributed by atoms with Crippen molar-refractivity contribution >= 4 is 39.3 Å². The maximum atomic E-state index is 12.8. The van der Waals surface area contributed by atoms with Crippen LogP contribution in [0.5, 0.6) is 0 Å². The first kappa shape index (κ1) is 24.6. The fourth-order valence-corrected chi connectivity index (χ4v) is 4.03. The number of ether oxygens (including phenoxy) is 1. The lowest BCUT2D eigenvalue weighted by molar-refractivity contribution is -0.123. The van der Waals surface area contributed by atoms with Gasteiger partial charge in [-0.3, -0.25) is 14.1 Å². The van der Waals surface area contributed by atoms with Crippen molar-refractivity contribution < 1.29 is 27.3 Å². The summed E-state index contributed by atoms with van der Waals surface area (Å²) in [6.45, 7) is 3.76. The van der Waals surface area contributed by atoms with Gasteiger partial charge in [0.1, 0.15) is 6.04 Å². The Morgan fingerprint density at radius 2 is 1.87 bits per heavy atom. The second-order valence-electron chi connectivity index (χ2n) is 6.66. The van der Waals surface area contributed by atoms with Gasteiger partial charge in [-0.05, 0) is 37.0 Å². The Hall–Kier alpha value is -2.70. The number of hydrogen-bond acceptors (Lipinski definition) is 7. The number of carbonyl (C=O) groups is 2. The number of thiazole rings is 1. The first-order valence-corrected chi connectivity index (χ1v) is 11.9. The van der Waals surface area contributed by atoms with Crippen LogP contribution in [0.1, 0.15) is 42.6 Å². The minimum absolute atomic E-state index is 0.210. The zero-order chi connectivity index (χ0) is 23.0. The van der Waals surface area contributed by atoms with E-state index in [9.17, 15) is 18.0 Å². The second kappa shape index (κ2) is 11.1. The number of anilines is 1. The molecule has 2 amide bonds. The molecule has 0 aliphatic carbocycles. The van der Waals surface area contributed by atoms with Crippen LogP contribution in [0.25, 0.3) is 0 Å². The highest BCUT2D eigenvalue weighted by Gasteiger charge is 2.24. The standard InChI is InChI=1S/C19H26N4O6S2/c1-4-14(22-19(25)29-3)18(24)21-15(16-11-30-17(5-2)20-16)10-12-6-8-13(9-7-12)23-31(26,27)28/h6-9,11,14-15,23H,4-5,10H2,1-3H3,(H,21,24)(H,22,25)(H,26,27,28)/t14-,15-/m0/s1. The van der Waals surface area contributed by atoms with Crippen molar-refractivity contribution in [3.8, 4) is 0 Å². The monoisotopic (exact) mass is 470 g/mol. The summed E-state index contributed by atoms with van der Waals surface area (Å²) in [5, 5.41) is 8.25. The summed E-state index contributed by atoms with van der Waals surface area (Å²) in [4.78, 5) is 28.9. The molecule has 2 rings (SSSR count). The number of rotatable bonds is 10. The predicted molar refractivity (Wildman–Crippen MR) is 117 cm³/mol. The van der Waals surface area contributed by atoms with Gasteiger partial charge in [-0.2, -0.15) is 8.42 Å². The van der Waals surface area contributed by atoms with Crippen molar-refractivity contribution in [2.45, 2.75) is 45.2 Å². The Morgan fingerprint density at radius 1 is 1.19 bits per heavy atom. The number of alkyl carbamates (subject to hydrolysis) is 1. The van der Waals surface area contributed by atoms with Crippen molar-refractivity contribution in [1.29, 1.82) is 0 Å². The van der Waals surface area contributed by atoms with Crippen molar-refractivity contribution in [2.24, 2.45) is 0 Å². The number of carbonyl (C=O) groups excluding carboxylic acids is 2. The van der Waals surface area contributed by atoms with E-state index in [2.05, 4.69) is 20.4 Å². The molecule has 4 N–H and O–H groups in total. The summed E-state index contributed by atoms with van der Waals surface area (Å²) in [7, 11) is -3.13. The number of hydrogen-bond donors (Lipinski definition) is 4. The third kappa shape index (κ3) is 7.81. The highest BCUT2D eigenvalue weighted by molar-refractivity contribution is 7.87. The van der Waals surface area contributed by atoms with Gasteiger partial charge in [0, 0.05) is 5.38 Å². The normalized spacial score (nSPS) is 13.2. The summed E-state index contributed by atoms with van der Waals surface area (Å²) >= 11 is 1.50. The van der Waals surface area contributed by atoms with Gasteiger partial charge in [0.15, 0.2) is 0 Å². The zero-order valence-electron chi connectivity index (χ0n) is 17.4. The molecule has 0 saturated carbocycles. The molecule has 2 atom stereocenters. The smallest absolute Gasteiger partial charge is 0.407 e. The van der Waals surface area contributed by atoms with Crippen molar-refractivity contribution in [1.82, 2.24) is 15.6 Å². The molecular weight excluding hydrogens is 444 g/mol. The molecule has 10 nitrogen and oxygen atoms in total. The Labute approximate surface area is 185 Å². The Bertz CT molecular complexity index is 991. The van der Waals surface area contributed by atoms with Crippen molar-refractivity contribution in [2.75, 3.05) is 11.8 Å². The van der Waals surface area contributed by atoms with E-state index in [0.717, 1.165) is 17.0 Å². The van der Waals surface area contributed by atoms with E-state index in [4.69, 9.17) is 4.55 Å². The number of methoxy groups -OCH3 is 1. The van der Waals surface area contributed by atoms with E-state index < -0.39 is 28.5 Å². The maximum absolute atomic E-state index is 12.8. The number of amides is 2. The van der Waals surface area contributed by atoms with E-state index in [1.165, 1.54) is 30.6 Å². The number of benzene rings is 1. The molecule has 0 unspecified atom stereocenters. The molecule has 1 aromatic carbocycles. The first-order valence-electron chi connectivity index (χ1n) is 9.58. The summed E-state index contributed by atoms with van der Waals surface area (Å²) in [6, 6.07) is 5.16. The topological polar surface area (TPSA) is 147 Å². The Morgan fingerprint density at radius 3 is 2.39 bits per heavy atom. The lowest BCUT2D eigenvalue weighted by atomic mass is 10.0. The summed E-state index contributed by atoms with van der Waals surface area (Å²) in [6.07, 6.45) is 0.839. The molecule has 0 aliphatic heterocycles.